The monoisotopic (exact) mass is 299 g/mol. The summed E-state index contributed by atoms with van der Waals surface area (Å²) in [6.45, 7) is 4.22. The molecule has 0 spiro atoms. The van der Waals surface area contributed by atoms with Crippen LogP contribution >= 0.6 is 0 Å². The fourth-order valence-corrected chi connectivity index (χ4v) is 2.48. The zero-order chi connectivity index (χ0) is 15.4. The standard InChI is InChI=1S/C18H21NO3/c1-13(19-11-14-2-4-15(12-20)5-3-14)16-6-7-17-18(10-16)22-9-8-21-17/h2-7,10,13,19-20H,8-9,11-12H2,1H3. The van der Waals surface area contributed by atoms with E-state index in [0.717, 1.165) is 23.6 Å². The lowest BCUT2D eigenvalue weighted by molar-refractivity contribution is 0.171. The Balaban J connectivity index is 1.62. The summed E-state index contributed by atoms with van der Waals surface area (Å²) in [6, 6.07) is 14.3. The predicted octanol–water partition coefficient (Wildman–Crippen LogP) is 2.80. The van der Waals surface area contributed by atoms with Gasteiger partial charge >= 0.3 is 0 Å². The van der Waals surface area contributed by atoms with Gasteiger partial charge in [-0.2, -0.15) is 0 Å². The minimum Gasteiger partial charge on any atom is -0.486 e. The van der Waals surface area contributed by atoms with Crippen molar-refractivity contribution in [3.05, 3.63) is 59.2 Å². The molecule has 1 heterocycles. The normalized spacial score (nSPS) is 14.6. The average molecular weight is 299 g/mol. The first-order valence-electron chi connectivity index (χ1n) is 7.58. The SMILES string of the molecule is CC(NCc1ccc(CO)cc1)c1ccc2c(c1)OCCO2. The minimum atomic E-state index is 0.0846. The van der Waals surface area contributed by atoms with Crippen molar-refractivity contribution in [2.45, 2.75) is 26.1 Å². The summed E-state index contributed by atoms with van der Waals surface area (Å²) in [4.78, 5) is 0. The van der Waals surface area contributed by atoms with Crippen molar-refractivity contribution in [2.24, 2.45) is 0 Å². The summed E-state index contributed by atoms with van der Waals surface area (Å²) in [5.74, 6) is 1.64. The molecule has 2 aromatic rings. The molecule has 1 unspecified atom stereocenters. The number of rotatable bonds is 5. The van der Waals surface area contributed by atoms with Gasteiger partial charge in [0.1, 0.15) is 13.2 Å². The predicted molar refractivity (Wildman–Crippen MR) is 85.1 cm³/mol. The molecule has 0 fully saturated rings. The zero-order valence-electron chi connectivity index (χ0n) is 12.7. The molecule has 22 heavy (non-hydrogen) atoms. The number of hydrogen-bond donors (Lipinski definition) is 2. The lowest BCUT2D eigenvalue weighted by atomic mass is 10.1. The first-order chi connectivity index (χ1) is 10.8. The van der Waals surface area contributed by atoms with Crippen molar-refractivity contribution in [2.75, 3.05) is 13.2 Å². The van der Waals surface area contributed by atoms with Gasteiger partial charge in [0, 0.05) is 12.6 Å². The summed E-state index contributed by atoms with van der Waals surface area (Å²) in [5, 5.41) is 12.6. The van der Waals surface area contributed by atoms with E-state index in [2.05, 4.69) is 18.3 Å². The van der Waals surface area contributed by atoms with Gasteiger partial charge in [-0.3, -0.25) is 0 Å². The van der Waals surface area contributed by atoms with E-state index in [-0.39, 0.29) is 12.6 Å². The van der Waals surface area contributed by atoms with Crippen molar-refractivity contribution < 1.29 is 14.6 Å². The number of hydrogen-bond acceptors (Lipinski definition) is 4. The van der Waals surface area contributed by atoms with Crippen LogP contribution < -0.4 is 14.8 Å². The van der Waals surface area contributed by atoms with E-state index in [1.165, 1.54) is 11.1 Å². The van der Waals surface area contributed by atoms with E-state index in [4.69, 9.17) is 14.6 Å². The molecule has 1 aliphatic rings. The molecule has 0 bridgehead atoms. The summed E-state index contributed by atoms with van der Waals surface area (Å²) < 4.78 is 11.2. The molecular formula is C18H21NO3. The maximum absolute atomic E-state index is 9.05. The van der Waals surface area contributed by atoms with E-state index in [0.29, 0.717) is 13.2 Å². The summed E-state index contributed by atoms with van der Waals surface area (Å²) in [6.07, 6.45) is 0. The maximum Gasteiger partial charge on any atom is 0.161 e. The topological polar surface area (TPSA) is 50.7 Å². The highest BCUT2D eigenvalue weighted by Gasteiger charge is 2.14. The Morgan fingerprint density at radius 3 is 2.41 bits per heavy atom. The molecule has 0 radical (unpaired) electrons. The zero-order valence-corrected chi connectivity index (χ0v) is 12.7. The third-order valence-electron chi connectivity index (χ3n) is 3.88. The minimum absolute atomic E-state index is 0.0846. The van der Waals surface area contributed by atoms with Gasteiger partial charge in [-0.05, 0) is 35.7 Å². The lowest BCUT2D eigenvalue weighted by Gasteiger charge is -2.21. The van der Waals surface area contributed by atoms with Crippen LogP contribution in [0.1, 0.15) is 29.7 Å². The molecule has 2 aromatic carbocycles. The second kappa shape index (κ2) is 6.81. The number of fused-ring (bicyclic) bond motifs is 1. The quantitative estimate of drug-likeness (QED) is 0.891. The molecule has 3 rings (SSSR count). The lowest BCUT2D eigenvalue weighted by Crippen LogP contribution is -2.19. The summed E-state index contributed by atoms with van der Waals surface area (Å²) in [5.41, 5.74) is 3.31. The van der Waals surface area contributed by atoms with Gasteiger partial charge in [0.15, 0.2) is 11.5 Å². The van der Waals surface area contributed by atoms with Crippen LogP contribution in [0.3, 0.4) is 0 Å². The van der Waals surface area contributed by atoms with Gasteiger partial charge in [-0.15, -0.1) is 0 Å². The highest BCUT2D eigenvalue weighted by molar-refractivity contribution is 5.44. The van der Waals surface area contributed by atoms with Gasteiger partial charge in [-0.1, -0.05) is 30.3 Å². The van der Waals surface area contributed by atoms with Crippen LogP contribution in [0.5, 0.6) is 11.5 Å². The molecule has 0 saturated carbocycles. The number of aliphatic hydroxyl groups is 1. The fourth-order valence-electron chi connectivity index (χ4n) is 2.48. The van der Waals surface area contributed by atoms with Crippen LogP contribution in [0.15, 0.2) is 42.5 Å². The summed E-state index contributed by atoms with van der Waals surface area (Å²) in [7, 11) is 0. The van der Waals surface area contributed by atoms with Crippen molar-refractivity contribution in [3.63, 3.8) is 0 Å². The van der Waals surface area contributed by atoms with E-state index in [1.54, 1.807) is 0 Å². The van der Waals surface area contributed by atoms with Gasteiger partial charge in [0.05, 0.1) is 6.61 Å². The van der Waals surface area contributed by atoms with Gasteiger partial charge in [-0.25, -0.2) is 0 Å². The molecular weight excluding hydrogens is 278 g/mol. The molecule has 116 valence electrons. The highest BCUT2D eigenvalue weighted by Crippen LogP contribution is 2.32. The van der Waals surface area contributed by atoms with E-state index in [9.17, 15) is 0 Å². The third kappa shape index (κ3) is 3.40. The van der Waals surface area contributed by atoms with Crippen molar-refractivity contribution in [3.8, 4) is 11.5 Å². The third-order valence-corrected chi connectivity index (χ3v) is 3.88. The second-order valence-corrected chi connectivity index (χ2v) is 5.48. The first-order valence-corrected chi connectivity index (χ1v) is 7.58. The first kappa shape index (κ1) is 14.9. The van der Waals surface area contributed by atoms with Gasteiger partial charge in [0.25, 0.3) is 0 Å². The van der Waals surface area contributed by atoms with Crippen LogP contribution in [0.2, 0.25) is 0 Å². The van der Waals surface area contributed by atoms with Crippen LogP contribution in [-0.4, -0.2) is 18.3 Å². The Hall–Kier alpha value is -2.04. The van der Waals surface area contributed by atoms with Crippen LogP contribution in [0, 0.1) is 0 Å². The molecule has 1 aliphatic heterocycles. The number of aliphatic hydroxyl groups excluding tert-OH is 1. The molecule has 4 heteroatoms. The molecule has 0 aliphatic carbocycles. The largest absolute Gasteiger partial charge is 0.486 e. The van der Waals surface area contributed by atoms with Gasteiger partial charge < -0.3 is 19.9 Å². The molecule has 1 atom stereocenters. The molecule has 0 saturated heterocycles. The Kier molecular flexibility index (Phi) is 4.61. The van der Waals surface area contributed by atoms with Gasteiger partial charge in [0.2, 0.25) is 0 Å². The number of ether oxygens (including phenoxy) is 2. The Morgan fingerprint density at radius 2 is 1.68 bits per heavy atom. The smallest absolute Gasteiger partial charge is 0.161 e. The summed E-state index contributed by atoms with van der Waals surface area (Å²) >= 11 is 0. The molecule has 4 nitrogen and oxygen atoms in total. The molecule has 0 aromatic heterocycles. The van der Waals surface area contributed by atoms with Crippen LogP contribution in [0.4, 0.5) is 0 Å². The Morgan fingerprint density at radius 1 is 1.00 bits per heavy atom. The highest BCUT2D eigenvalue weighted by atomic mass is 16.6. The van der Waals surface area contributed by atoms with E-state index < -0.39 is 0 Å². The van der Waals surface area contributed by atoms with E-state index >= 15 is 0 Å². The number of benzene rings is 2. The fraction of sp³-hybridized carbons (Fsp3) is 0.333. The second-order valence-electron chi connectivity index (χ2n) is 5.48. The Labute approximate surface area is 130 Å². The van der Waals surface area contributed by atoms with Crippen LogP contribution in [0.25, 0.3) is 0 Å². The Bertz CT molecular complexity index is 625. The number of nitrogens with one attached hydrogen (secondary N) is 1. The average Bonchev–Trinajstić information content (AvgIpc) is 2.59. The molecule has 2 N–H and O–H groups in total. The van der Waals surface area contributed by atoms with Crippen LogP contribution in [-0.2, 0) is 13.2 Å². The van der Waals surface area contributed by atoms with Crippen molar-refractivity contribution >= 4 is 0 Å². The van der Waals surface area contributed by atoms with Crippen molar-refractivity contribution in [1.82, 2.24) is 5.32 Å². The van der Waals surface area contributed by atoms with E-state index in [1.807, 2.05) is 36.4 Å². The molecule has 0 amide bonds. The maximum atomic E-state index is 9.05. The van der Waals surface area contributed by atoms with Crippen molar-refractivity contribution in [1.29, 1.82) is 0 Å².